The van der Waals surface area contributed by atoms with Gasteiger partial charge in [-0.1, -0.05) is 18.2 Å². The van der Waals surface area contributed by atoms with Gasteiger partial charge in [-0.2, -0.15) is 5.26 Å². The van der Waals surface area contributed by atoms with Crippen LogP contribution in [0.2, 0.25) is 0 Å². The lowest BCUT2D eigenvalue weighted by molar-refractivity contribution is -0.152. The number of hydrogen-bond donors (Lipinski definition) is 2. The predicted molar refractivity (Wildman–Crippen MR) is 145 cm³/mol. The summed E-state index contributed by atoms with van der Waals surface area (Å²) in [6.45, 7) is 1.93. The van der Waals surface area contributed by atoms with Gasteiger partial charge in [-0.15, -0.1) is 0 Å². The van der Waals surface area contributed by atoms with E-state index in [-0.39, 0.29) is 6.79 Å². The van der Waals surface area contributed by atoms with Gasteiger partial charge in [-0.3, -0.25) is 9.78 Å². The summed E-state index contributed by atoms with van der Waals surface area (Å²) < 4.78 is 16.9. The average Bonchev–Trinajstić information content (AvgIpc) is 3.62. The first kappa shape index (κ1) is 25.1. The summed E-state index contributed by atoms with van der Waals surface area (Å²) in [6.07, 6.45) is 5.38. The van der Waals surface area contributed by atoms with Gasteiger partial charge in [0.15, 0.2) is 11.5 Å². The number of nitrogens with zero attached hydrogens (tertiary/aromatic N) is 3. The van der Waals surface area contributed by atoms with Gasteiger partial charge in [0.05, 0.1) is 29.4 Å². The van der Waals surface area contributed by atoms with Crippen LogP contribution in [0, 0.1) is 17.2 Å². The molecule has 2 aromatic carbocycles. The van der Waals surface area contributed by atoms with E-state index in [0.717, 1.165) is 22.0 Å². The molecule has 2 amide bonds. The molecular formula is C30H25N5O5. The number of fused-ring (bicyclic) bond motifs is 2. The molecular weight excluding hydrogens is 510 g/mol. The highest BCUT2D eigenvalue weighted by molar-refractivity contribution is 6.10. The molecule has 0 bridgehead atoms. The molecule has 6 rings (SSSR count). The molecule has 0 saturated carbocycles. The van der Waals surface area contributed by atoms with E-state index in [1.165, 1.54) is 0 Å². The van der Waals surface area contributed by atoms with Gasteiger partial charge in [-0.05, 0) is 61.2 Å². The fourth-order valence-corrected chi connectivity index (χ4v) is 5.18. The number of aliphatic imine (C=N–C) groups is 1. The molecule has 200 valence electrons. The quantitative estimate of drug-likeness (QED) is 0.320. The van der Waals surface area contributed by atoms with Gasteiger partial charge in [0.25, 0.3) is 0 Å². The number of H-pyrrole nitrogens is 1. The Balaban J connectivity index is 1.32. The van der Waals surface area contributed by atoms with Crippen LogP contribution in [0.1, 0.15) is 47.7 Å². The third-order valence-corrected chi connectivity index (χ3v) is 7.21. The van der Waals surface area contributed by atoms with Crippen molar-refractivity contribution in [2.45, 2.75) is 31.9 Å². The molecule has 2 aliphatic heterocycles. The molecule has 2 aliphatic rings. The fourth-order valence-electron chi connectivity index (χ4n) is 5.18. The van der Waals surface area contributed by atoms with E-state index >= 15 is 0 Å². The molecule has 10 nitrogen and oxygen atoms in total. The van der Waals surface area contributed by atoms with E-state index < -0.39 is 30.1 Å². The van der Waals surface area contributed by atoms with Crippen molar-refractivity contribution >= 4 is 28.6 Å². The Kier molecular flexibility index (Phi) is 6.62. The topological polar surface area (TPSA) is 139 Å². The van der Waals surface area contributed by atoms with Gasteiger partial charge in [-0.25, -0.2) is 9.79 Å². The van der Waals surface area contributed by atoms with Crippen molar-refractivity contribution in [2.24, 2.45) is 10.9 Å². The number of benzene rings is 2. The fraction of sp³-hybridized carbons (Fsp3) is 0.233. The van der Waals surface area contributed by atoms with Gasteiger partial charge >= 0.3 is 12.0 Å². The third kappa shape index (κ3) is 4.85. The van der Waals surface area contributed by atoms with Gasteiger partial charge < -0.3 is 24.5 Å². The highest BCUT2D eigenvalue weighted by Crippen LogP contribution is 2.36. The summed E-state index contributed by atoms with van der Waals surface area (Å²) in [7, 11) is 0. The molecule has 40 heavy (non-hydrogen) atoms. The summed E-state index contributed by atoms with van der Waals surface area (Å²) in [4.78, 5) is 38.3. The van der Waals surface area contributed by atoms with Gasteiger partial charge in [0, 0.05) is 29.1 Å². The smallest absolute Gasteiger partial charge is 0.341 e. The monoisotopic (exact) mass is 535 g/mol. The Morgan fingerprint density at radius 3 is 2.92 bits per heavy atom. The largest absolute Gasteiger partial charge is 0.457 e. The molecule has 0 aliphatic carbocycles. The van der Waals surface area contributed by atoms with E-state index in [1.54, 1.807) is 49.8 Å². The second kappa shape index (κ2) is 10.5. The number of rotatable bonds is 7. The molecule has 3 atom stereocenters. The first-order valence-electron chi connectivity index (χ1n) is 12.9. The van der Waals surface area contributed by atoms with Crippen molar-refractivity contribution in [1.29, 1.82) is 5.26 Å². The number of hydrogen-bond acceptors (Lipinski definition) is 7. The van der Waals surface area contributed by atoms with Crippen LogP contribution in [0.4, 0.5) is 4.79 Å². The second-order valence-corrected chi connectivity index (χ2v) is 9.68. The maximum atomic E-state index is 13.9. The Hall–Kier alpha value is -5.17. The number of aromatic amines is 1. The lowest BCUT2D eigenvalue weighted by Crippen LogP contribution is -2.45. The molecule has 4 aromatic rings. The maximum Gasteiger partial charge on any atom is 0.341 e. The highest BCUT2D eigenvalue weighted by Gasteiger charge is 2.41. The standard InChI is InChI=1S/C30H25N5O5/c1-17(20-4-2-3-19(11-20)13-31)40-29(36)27-23(7-5-18-6-8-25-26(12-18)39-16-38-25)34-30(37)35-28(27)22-14-33-24-15-32-10-9-21(22)24/h2-4,6,8-12,14-15,17,27-28,33H,5,7,16H2,1H3,(H,35,37). The number of nitriles is 1. The van der Waals surface area contributed by atoms with Crippen LogP contribution in [0.25, 0.3) is 10.9 Å². The zero-order valence-electron chi connectivity index (χ0n) is 21.6. The molecule has 2 N–H and O–H groups in total. The Bertz CT molecular complexity index is 1690. The van der Waals surface area contributed by atoms with E-state index in [1.807, 2.05) is 24.3 Å². The number of esters is 1. The van der Waals surface area contributed by atoms with Crippen LogP contribution in [0.15, 0.2) is 72.1 Å². The van der Waals surface area contributed by atoms with Crippen LogP contribution < -0.4 is 14.8 Å². The molecule has 0 fully saturated rings. The van der Waals surface area contributed by atoms with E-state index in [9.17, 15) is 14.9 Å². The van der Waals surface area contributed by atoms with Gasteiger partial charge in [0.2, 0.25) is 6.79 Å². The summed E-state index contributed by atoms with van der Waals surface area (Å²) in [5.74, 6) is -0.0494. The minimum Gasteiger partial charge on any atom is -0.457 e. The number of aryl methyl sites for hydroxylation is 1. The van der Waals surface area contributed by atoms with Crippen molar-refractivity contribution in [3.63, 3.8) is 0 Å². The number of carbonyl (C=O) groups excluding carboxylic acids is 2. The first-order valence-corrected chi connectivity index (χ1v) is 12.9. The van der Waals surface area contributed by atoms with E-state index in [4.69, 9.17) is 14.2 Å². The minimum atomic E-state index is -0.875. The molecule has 4 heterocycles. The Morgan fingerprint density at radius 1 is 1.18 bits per heavy atom. The van der Waals surface area contributed by atoms with Crippen LogP contribution in [0.3, 0.4) is 0 Å². The second-order valence-electron chi connectivity index (χ2n) is 9.68. The maximum absolute atomic E-state index is 13.9. The molecule has 0 saturated heterocycles. The van der Waals surface area contributed by atoms with Crippen molar-refractivity contribution in [1.82, 2.24) is 15.3 Å². The number of ether oxygens (including phenoxy) is 3. The molecule has 0 radical (unpaired) electrons. The summed E-state index contributed by atoms with van der Waals surface area (Å²) in [5, 5.41) is 13.0. The lowest BCUT2D eigenvalue weighted by Gasteiger charge is -2.31. The number of nitrogens with one attached hydrogen (secondary N) is 2. The first-order chi connectivity index (χ1) is 19.5. The minimum absolute atomic E-state index is 0.177. The number of amides is 2. The van der Waals surface area contributed by atoms with Crippen molar-refractivity contribution < 1.29 is 23.8 Å². The Labute approximate surface area is 229 Å². The predicted octanol–water partition coefficient (Wildman–Crippen LogP) is 4.92. The normalized spacial score (nSPS) is 18.5. The van der Waals surface area contributed by atoms with Crippen molar-refractivity contribution in [3.05, 3.63) is 89.4 Å². The number of aromatic nitrogens is 2. The number of urea groups is 1. The molecule has 0 spiro atoms. The third-order valence-electron chi connectivity index (χ3n) is 7.21. The average molecular weight is 536 g/mol. The van der Waals surface area contributed by atoms with Crippen molar-refractivity contribution in [2.75, 3.05) is 6.79 Å². The summed E-state index contributed by atoms with van der Waals surface area (Å²) in [5.41, 5.74) is 4.08. The number of carbonyl (C=O) groups is 2. The molecule has 3 unspecified atom stereocenters. The molecule has 10 heteroatoms. The van der Waals surface area contributed by atoms with Crippen molar-refractivity contribution in [3.8, 4) is 17.6 Å². The number of pyridine rings is 1. The highest BCUT2D eigenvalue weighted by atomic mass is 16.7. The Morgan fingerprint density at radius 2 is 2.05 bits per heavy atom. The zero-order chi connectivity index (χ0) is 27.6. The van der Waals surface area contributed by atoms with Gasteiger partial charge in [0.1, 0.15) is 12.0 Å². The van der Waals surface area contributed by atoms with E-state index in [0.29, 0.717) is 41.2 Å². The van der Waals surface area contributed by atoms with Crippen LogP contribution >= 0.6 is 0 Å². The zero-order valence-corrected chi connectivity index (χ0v) is 21.6. The van der Waals surface area contributed by atoms with Crippen LogP contribution in [0.5, 0.6) is 11.5 Å². The SMILES string of the molecule is CC(OC(=O)C1C(CCc2ccc3c(c2)OCO3)=NC(=O)NC1c1c[nH]c2cnccc12)c1cccc(C#N)c1. The van der Waals surface area contributed by atoms with E-state index in [2.05, 4.69) is 26.3 Å². The lowest BCUT2D eigenvalue weighted by atomic mass is 9.85. The summed E-state index contributed by atoms with van der Waals surface area (Å²) in [6, 6.07) is 15.3. The summed E-state index contributed by atoms with van der Waals surface area (Å²) >= 11 is 0. The van der Waals surface area contributed by atoms with Crippen LogP contribution in [-0.4, -0.2) is 34.5 Å². The molecule has 2 aromatic heterocycles. The van der Waals surface area contributed by atoms with Crippen LogP contribution in [-0.2, 0) is 16.0 Å².